The summed E-state index contributed by atoms with van der Waals surface area (Å²) >= 11 is 5.88. The van der Waals surface area contributed by atoms with Crippen molar-refractivity contribution in [2.24, 2.45) is 0 Å². The van der Waals surface area contributed by atoms with Crippen molar-refractivity contribution in [2.45, 2.75) is 0 Å². The number of aromatic nitrogens is 2. The van der Waals surface area contributed by atoms with Gasteiger partial charge in [-0.2, -0.15) is 0 Å². The Morgan fingerprint density at radius 2 is 1.63 bits per heavy atom. The molecule has 5 heteroatoms. The standard InChI is InChI=1S/C14H10ClN3O/c15-11-3-1-10(2-4-11)13-12(14(16)19-18-13)9-5-7-17-8-6-9/h1-8H,16H2. The second-order valence-corrected chi connectivity index (χ2v) is 4.45. The maximum atomic E-state index is 5.88. The number of nitrogens with zero attached hydrogens (tertiary/aromatic N) is 2. The van der Waals surface area contributed by atoms with Gasteiger partial charge in [0.25, 0.3) is 0 Å². The van der Waals surface area contributed by atoms with Crippen molar-refractivity contribution >= 4 is 17.5 Å². The summed E-state index contributed by atoms with van der Waals surface area (Å²) in [6.07, 6.45) is 3.40. The van der Waals surface area contributed by atoms with Crippen molar-refractivity contribution in [3.8, 4) is 22.4 Å². The summed E-state index contributed by atoms with van der Waals surface area (Å²) in [6, 6.07) is 11.1. The van der Waals surface area contributed by atoms with Crippen LogP contribution in [0.2, 0.25) is 5.02 Å². The van der Waals surface area contributed by atoms with E-state index in [0.29, 0.717) is 10.7 Å². The molecule has 1 aromatic carbocycles. The largest absolute Gasteiger partial charge is 0.367 e. The van der Waals surface area contributed by atoms with Crippen molar-refractivity contribution in [3.05, 3.63) is 53.8 Å². The highest BCUT2D eigenvalue weighted by Crippen LogP contribution is 2.35. The van der Waals surface area contributed by atoms with Gasteiger partial charge in [-0.3, -0.25) is 4.98 Å². The van der Waals surface area contributed by atoms with Crippen LogP contribution >= 0.6 is 11.6 Å². The van der Waals surface area contributed by atoms with Crippen LogP contribution in [0.4, 0.5) is 5.88 Å². The number of hydrogen-bond acceptors (Lipinski definition) is 4. The molecular weight excluding hydrogens is 262 g/mol. The lowest BCUT2D eigenvalue weighted by atomic mass is 10.0. The highest BCUT2D eigenvalue weighted by molar-refractivity contribution is 6.30. The average molecular weight is 272 g/mol. The van der Waals surface area contributed by atoms with Gasteiger partial charge in [0.15, 0.2) is 0 Å². The van der Waals surface area contributed by atoms with Gasteiger partial charge >= 0.3 is 0 Å². The topological polar surface area (TPSA) is 64.9 Å². The first-order valence-corrected chi connectivity index (χ1v) is 6.05. The van der Waals surface area contributed by atoms with E-state index in [1.165, 1.54) is 0 Å². The van der Waals surface area contributed by atoms with Crippen molar-refractivity contribution in [2.75, 3.05) is 5.73 Å². The van der Waals surface area contributed by atoms with Crippen molar-refractivity contribution < 1.29 is 4.52 Å². The Balaban J connectivity index is 2.16. The number of hydrogen-bond donors (Lipinski definition) is 1. The third kappa shape index (κ3) is 2.18. The Kier molecular flexibility index (Phi) is 2.93. The number of pyridine rings is 1. The van der Waals surface area contributed by atoms with Gasteiger partial charge < -0.3 is 10.3 Å². The number of nitrogen functional groups attached to an aromatic ring is 1. The van der Waals surface area contributed by atoms with Gasteiger partial charge in [0.2, 0.25) is 5.88 Å². The number of rotatable bonds is 2. The summed E-state index contributed by atoms with van der Waals surface area (Å²) in [5, 5.41) is 4.70. The van der Waals surface area contributed by atoms with Gasteiger partial charge in [-0.05, 0) is 29.8 Å². The van der Waals surface area contributed by atoms with Crippen molar-refractivity contribution in [1.82, 2.24) is 10.1 Å². The Morgan fingerprint density at radius 1 is 0.947 bits per heavy atom. The van der Waals surface area contributed by atoms with Crippen LogP contribution in [0.15, 0.2) is 53.3 Å². The molecule has 0 spiro atoms. The van der Waals surface area contributed by atoms with E-state index in [2.05, 4.69) is 10.1 Å². The molecule has 2 aromatic heterocycles. The monoisotopic (exact) mass is 271 g/mol. The SMILES string of the molecule is Nc1onc(-c2ccc(Cl)cc2)c1-c1ccncc1. The normalized spacial score (nSPS) is 10.6. The molecule has 0 atom stereocenters. The summed E-state index contributed by atoms with van der Waals surface area (Å²) in [4.78, 5) is 3.99. The van der Waals surface area contributed by atoms with Crippen LogP contribution in [0.5, 0.6) is 0 Å². The summed E-state index contributed by atoms with van der Waals surface area (Å²) in [5.74, 6) is 0.288. The smallest absolute Gasteiger partial charge is 0.230 e. The predicted octanol–water partition coefficient (Wildman–Crippen LogP) is 3.64. The number of halogens is 1. The molecule has 0 saturated carbocycles. The molecule has 3 rings (SSSR count). The van der Waals surface area contributed by atoms with Crippen LogP contribution in [-0.4, -0.2) is 10.1 Å². The molecule has 4 nitrogen and oxygen atoms in total. The average Bonchev–Trinajstić information content (AvgIpc) is 2.82. The van der Waals surface area contributed by atoms with E-state index < -0.39 is 0 Å². The van der Waals surface area contributed by atoms with Gasteiger partial charge in [0.1, 0.15) is 5.69 Å². The maximum absolute atomic E-state index is 5.88. The van der Waals surface area contributed by atoms with Crippen molar-refractivity contribution in [3.63, 3.8) is 0 Å². The maximum Gasteiger partial charge on any atom is 0.230 e. The molecule has 3 aromatic rings. The summed E-state index contributed by atoms with van der Waals surface area (Å²) in [6.45, 7) is 0. The van der Waals surface area contributed by atoms with E-state index in [1.54, 1.807) is 24.5 Å². The van der Waals surface area contributed by atoms with Crippen LogP contribution in [0.3, 0.4) is 0 Å². The van der Waals surface area contributed by atoms with Crippen LogP contribution in [0, 0.1) is 0 Å². The van der Waals surface area contributed by atoms with Gasteiger partial charge in [-0.25, -0.2) is 0 Å². The Hall–Kier alpha value is -2.33. The highest BCUT2D eigenvalue weighted by Gasteiger charge is 2.17. The zero-order valence-electron chi connectivity index (χ0n) is 9.88. The quantitative estimate of drug-likeness (QED) is 0.773. The summed E-state index contributed by atoms with van der Waals surface area (Å²) in [5.41, 5.74) is 9.14. The Morgan fingerprint density at radius 3 is 2.32 bits per heavy atom. The van der Waals surface area contributed by atoms with E-state index in [1.807, 2.05) is 24.3 Å². The number of benzene rings is 1. The van der Waals surface area contributed by atoms with Crippen molar-refractivity contribution in [1.29, 1.82) is 0 Å². The van der Waals surface area contributed by atoms with Crippen LogP contribution in [-0.2, 0) is 0 Å². The van der Waals surface area contributed by atoms with Crippen LogP contribution in [0.1, 0.15) is 0 Å². The molecule has 0 aliphatic carbocycles. The minimum atomic E-state index is 0.288. The fourth-order valence-corrected chi connectivity index (χ4v) is 2.03. The molecule has 0 bridgehead atoms. The molecule has 0 fully saturated rings. The zero-order valence-corrected chi connectivity index (χ0v) is 10.6. The third-order valence-electron chi connectivity index (χ3n) is 2.81. The highest BCUT2D eigenvalue weighted by atomic mass is 35.5. The van der Waals surface area contributed by atoms with Crippen LogP contribution < -0.4 is 5.73 Å². The molecule has 2 heterocycles. The van der Waals surface area contributed by atoms with E-state index >= 15 is 0 Å². The van der Waals surface area contributed by atoms with E-state index in [4.69, 9.17) is 21.9 Å². The fraction of sp³-hybridized carbons (Fsp3) is 0. The number of nitrogens with two attached hydrogens (primary N) is 1. The Bertz CT molecular complexity index is 692. The fourth-order valence-electron chi connectivity index (χ4n) is 1.91. The van der Waals surface area contributed by atoms with E-state index in [9.17, 15) is 0 Å². The second kappa shape index (κ2) is 4.74. The number of anilines is 1. The molecule has 0 unspecified atom stereocenters. The molecule has 94 valence electrons. The summed E-state index contributed by atoms with van der Waals surface area (Å²) in [7, 11) is 0. The van der Waals surface area contributed by atoms with Crippen LogP contribution in [0.25, 0.3) is 22.4 Å². The first-order chi connectivity index (χ1) is 9.25. The lowest BCUT2D eigenvalue weighted by Crippen LogP contribution is -1.87. The predicted molar refractivity (Wildman–Crippen MR) is 74.6 cm³/mol. The summed E-state index contributed by atoms with van der Waals surface area (Å²) < 4.78 is 5.11. The Labute approximate surface area is 114 Å². The van der Waals surface area contributed by atoms with E-state index in [-0.39, 0.29) is 5.88 Å². The van der Waals surface area contributed by atoms with Gasteiger partial charge in [0, 0.05) is 23.0 Å². The first kappa shape index (κ1) is 11.7. The first-order valence-electron chi connectivity index (χ1n) is 5.67. The third-order valence-corrected chi connectivity index (χ3v) is 3.06. The van der Waals surface area contributed by atoms with Gasteiger partial charge in [0.05, 0.1) is 5.56 Å². The molecule has 0 radical (unpaired) electrons. The van der Waals surface area contributed by atoms with E-state index in [0.717, 1.165) is 16.7 Å². The molecule has 19 heavy (non-hydrogen) atoms. The molecular formula is C14H10ClN3O. The van der Waals surface area contributed by atoms with Gasteiger partial charge in [-0.15, -0.1) is 0 Å². The minimum Gasteiger partial charge on any atom is -0.367 e. The second-order valence-electron chi connectivity index (χ2n) is 4.01. The van der Waals surface area contributed by atoms with Gasteiger partial charge in [-0.1, -0.05) is 28.9 Å². The minimum absolute atomic E-state index is 0.288. The molecule has 0 amide bonds. The molecule has 0 aliphatic rings. The lowest BCUT2D eigenvalue weighted by Gasteiger charge is -2.02. The molecule has 0 aliphatic heterocycles. The molecule has 2 N–H and O–H groups in total. The lowest BCUT2D eigenvalue weighted by molar-refractivity contribution is 0.439. The molecule has 0 saturated heterocycles. The zero-order chi connectivity index (χ0) is 13.2.